The number of rotatable bonds is 1. The highest BCUT2D eigenvalue weighted by Gasteiger charge is 2.03. The van der Waals surface area contributed by atoms with Crippen LogP contribution in [0.15, 0.2) is 24.5 Å². The van der Waals surface area contributed by atoms with Gasteiger partial charge in [-0.2, -0.15) is 5.10 Å². The zero-order valence-corrected chi connectivity index (χ0v) is 8.33. The second-order valence-electron chi connectivity index (χ2n) is 3.49. The van der Waals surface area contributed by atoms with Gasteiger partial charge in [0.15, 0.2) is 0 Å². The summed E-state index contributed by atoms with van der Waals surface area (Å²) in [4.78, 5) is 0. The highest BCUT2D eigenvalue weighted by Crippen LogP contribution is 2.25. The summed E-state index contributed by atoms with van der Waals surface area (Å²) in [6.45, 7) is 4.10. The van der Waals surface area contributed by atoms with Crippen molar-refractivity contribution in [1.82, 2.24) is 10.2 Å². The summed E-state index contributed by atoms with van der Waals surface area (Å²) >= 11 is 0. The third-order valence-electron chi connectivity index (χ3n) is 2.54. The molecule has 1 aromatic carbocycles. The molecule has 3 heteroatoms. The summed E-state index contributed by atoms with van der Waals surface area (Å²) < 4.78 is 0. The number of benzene rings is 1. The van der Waals surface area contributed by atoms with E-state index in [1.165, 1.54) is 5.56 Å². The van der Waals surface area contributed by atoms with Crippen LogP contribution in [0.2, 0.25) is 0 Å². The van der Waals surface area contributed by atoms with Gasteiger partial charge in [-0.25, -0.2) is 0 Å². The molecule has 2 aromatic rings. The minimum Gasteiger partial charge on any atom is -0.398 e. The Morgan fingerprint density at radius 1 is 1.21 bits per heavy atom. The minimum atomic E-state index is 0.834. The van der Waals surface area contributed by atoms with Crippen LogP contribution in [0.25, 0.3) is 11.1 Å². The van der Waals surface area contributed by atoms with Crippen LogP contribution in [0.5, 0.6) is 0 Å². The molecule has 2 rings (SSSR count). The molecule has 0 saturated heterocycles. The van der Waals surface area contributed by atoms with Gasteiger partial charge in [0.2, 0.25) is 0 Å². The van der Waals surface area contributed by atoms with E-state index in [1.54, 1.807) is 6.20 Å². The smallest absolute Gasteiger partial charge is 0.0565 e. The third kappa shape index (κ3) is 1.37. The first-order valence-electron chi connectivity index (χ1n) is 4.54. The van der Waals surface area contributed by atoms with E-state index in [0.29, 0.717) is 0 Å². The van der Waals surface area contributed by atoms with Crippen molar-refractivity contribution in [2.45, 2.75) is 13.8 Å². The Hall–Kier alpha value is -1.77. The zero-order chi connectivity index (χ0) is 10.1. The molecule has 0 saturated carbocycles. The van der Waals surface area contributed by atoms with Gasteiger partial charge >= 0.3 is 0 Å². The maximum atomic E-state index is 5.90. The van der Waals surface area contributed by atoms with E-state index in [0.717, 1.165) is 22.4 Å². The van der Waals surface area contributed by atoms with E-state index in [9.17, 15) is 0 Å². The fourth-order valence-corrected chi connectivity index (χ4v) is 1.46. The van der Waals surface area contributed by atoms with Crippen LogP contribution in [0.3, 0.4) is 0 Å². The monoisotopic (exact) mass is 187 g/mol. The van der Waals surface area contributed by atoms with Gasteiger partial charge in [-0.3, -0.25) is 5.10 Å². The molecule has 14 heavy (non-hydrogen) atoms. The van der Waals surface area contributed by atoms with Gasteiger partial charge in [-0.05, 0) is 36.6 Å². The first-order valence-corrected chi connectivity index (χ1v) is 4.54. The predicted octanol–water partition coefficient (Wildman–Crippen LogP) is 2.28. The molecule has 0 aliphatic rings. The van der Waals surface area contributed by atoms with Crippen molar-refractivity contribution < 1.29 is 0 Å². The molecule has 0 unspecified atom stereocenters. The van der Waals surface area contributed by atoms with Gasteiger partial charge in [0.25, 0.3) is 0 Å². The molecule has 3 N–H and O–H groups in total. The number of nitrogens with zero attached hydrogens (tertiary/aromatic N) is 1. The number of aromatic amines is 1. The first-order chi connectivity index (χ1) is 6.68. The maximum Gasteiger partial charge on any atom is 0.0565 e. The fraction of sp³-hybridized carbons (Fsp3) is 0.182. The standard InChI is InChI=1S/C11H13N3/c1-7-3-9(4-11(12)8(7)2)10-5-13-14-6-10/h3-6H,12H2,1-2H3,(H,13,14). The Kier molecular flexibility index (Phi) is 2.00. The third-order valence-corrected chi connectivity index (χ3v) is 2.54. The summed E-state index contributed by atoms with van der Waals surface area (Å²) in [5.41, 5.74) is 11.3. The summed E-state index contributed by atoms with van der Waals surface area (Å²) in [6.07, 6.45) is 3.66. The van der Waals surface area contributed by atoms with Gasteiger partial charge in [0.1, 0.15) is 0 Å². The Labute approximate surface area is 83.0 Å². The van der Waals surface area contributed by atoms with Crippen molar-refractivity contribution in [3.05, 3.63) is 35.7 Å². The Bertz CT molecular complexity index is 421. The molecule has 0 fully saturated rings. The number of nitrogens with two attached hydrogens (primary N) is 1. The van der Waals surface area contributed by atoms with Crippen molar-refractivity contribution in [3.63, 3.8) is 0 Å². The van der Waals surface area contributed by atoms with Crippen molar-refractivity contribution in [2.75, 3.05) is 5.73 Å². The van der Waals surface area contributed by atoms with Crippen molar-refractivity contribution in [1.29, 1.82) is 0 Å². The average Bonchev–Trinajstić information content (AvgIpc) is 2.66. The number of anilines is 1. The number of hydrogen-bond acceptors (Lipinski definition) is 2. The molecule has 0 aliphatic heterocycles. The summed E-state index contributed by atoms with van der Waals surface area (Å²) in [5.74, 6) is 0. The topological polar surface area (TPSA) is 54.7 Å². The van der Waals surface area contributed by atoms with Crippen LogP contribution in [0, 0.1) is 13.8 Å². The first kappa shape index (κ1) is 8.81. The van der Waals surface area contributed by atoms with Gasteiger partial charge in [-0.1, -0.05) is 6.07 Å². The van der Waals surface area contributed by atoms with E-state index in [4.69, 9.17) is 5.73 Å². The Balaban J connectivity index is 2.57. The zero-order valence-electron chi connectivity index (χ0n) is 8.33. The Morgan fingerprint density at radius 3 is 2.57 bits per heavy atom. The molecule has 3 nitrogen and oxygen atoms in total. The fourth-order valence-electron chi connectivity index (χ4n) is 1.46. The van der Waals surface area contributed by atoms with Gasteiger partial charge in [0, 0.05) is 17.4 Å². The number of aromatic nitrogens is 2. The van der Waals surface area contributed by atoms with Gasteiger partial charge < -0.3 is 5.73 Å². The molecular weight excluding hydrogens is 174 g/mol. The van der Waals surface area contributed by atoms with Crippen LogP contribution in [-0.4, -0.2) is 10.2 Å². The number of H-pyrrole nitrogens is 1. The number of nitrogens with one attached hydrogen (secondary N) is 1. The lowest BCUT2D eigenvalue weighted by Crippen LogP contribution is -1.93. The molecule has 0 spiro atoms. The summed E-state index contributed by atoms with van der Waals surface area (Å²) in [7, 11) is 0. The van der Waals surface area contributed by atoms with Crippen molar-refractivity contribution >= 4 is 5.69 Å². The molecule has 0 radical (unpaired) electrons. The van der Waals surface area contributed by atoms with E-state index >= 15 is 0 Å². The minimum absolute atomic E-state index is 0.834. The summed E-state index contributed by atoms with van der Waals surface area (Å²) in [5, 5.41) is 6.71. The second-order valence-corrected chi connectivity index (χ2v) is 3.49. The molecule has 0 amide bonds. The average molecular weight is 187 g/mol. The van der Waals surface area contributed by atoms with Gasteiger partial charge in [0.05, 0.1) is 6.20 Å². The van der Waals surface area contributed by atoms with Gasteiger partial charge in [-0.15, -0.1) is 0 Å². The molecule has 0 aliphatic carbocycles. The summed E-state index contributed by atoms with van der Waals surface area (Å²) in [6, 6.07) is 4.10. The molecule has 72 valence electrons. The van der Waals surface area contributed by atoms with E-state index in [2.05, 4.69) is 23.2 Å². The SMILES string of the molecule is Cc1cc(-c2cn[nH]c2)cc(N)c1C. The highest BCUT2D eigenvalue weighted by atomic mass is 15.1. The van der Waals surface area contributed by atoms with Crippen molar-refractivity contribution in [3.8, 4) is 11.1 Å². The molecule has 1 aromatic heterocycles. The van der Waals surface area contributed by atoms with E-state index < -0.39 is 0 Å². The van der Waals surface area contributed by atoms with Crippen LogP contribution in [0.4, 0.5) is 5.69 Å². The number of aryl methyl sites for hydroxylation is 1. The normalized spacial score (nSPS) is 10.4. The lowest BCUT2D eigenvalue weighted by Gasteiger charge is -2.07. The van der Waals surface area contributed by atoms with Crippen LogP contribution in [-0.2, 0) is 0 Å². The lowest BCUT2D eigenvalue weighted by atomic mass is 10.0. The number of nitrogen functional groups attached to an aromatic ring is 1. The quantitative estimate of drug-likeness (QED) is 0.673. The van der Waals surface area contributed by atoms with Crippen molar-refractivity contribution in [2.24, 2.45) is 0 Å². The Morgan fingerprint density at radius 2 is 2.00 bits per heavy atom. The largest absolute Gasteiger partial charge is 0.398 e. The number of hydrogen-bond donors (Lipinski definition) is 2. The highest BCUT2D eigenvalue weighted by molar-refractivity contribution is 5.69. The molecule has 1 heterocycles. The maximum absolute atomic E-state index is 5.90. The van der Waals surface area contributed by atoms with E-state index in [-0.39, 0.29) is 0 Å². The predicted molar refractivity (Wildman–Crippen MR) is 57.9 cm³/mol. The van der Waals surface area contributed by atoms with E-state index in [1.807, 2.05) is 19.2 Å². The second kappa shape index (κ2) is 3.18. The van der Waals surface area contributed by atoms with Crippen LogP contribution < -0.4 is 5.73 Å². The van der Waals surface area contributed by atoms with Crippen LogP contribution in [0.1, 0.15) is 11.1 Å². The molecular formula is C11H13N3. The molecule has 0 atom stereocenters. The lowest BCUT2D eigenvalue weighted by molar-refractivity contribution is 1.09. The molecule has 0 bridgehead atoms. The van der Waals surface area contributed by atoms with Crippen LogP contribution >= 0.6 is 0 Å².